The minimum Gasteiger partial charge on any atom is -0.508 e. The molecule has 2 aromatic carbocycles. The Morgan fingerprint density at radius 1 is 1.20 bits per heavy atom. The Kier molecular flexibility index (Phi) is 3.81. The van der Waals surface area contributed by atoms with E-state index in [2.05, 4.69) is 11.4 Å². The molecule has 20 heavy (non-hydrogen) atoms. The summed E-state index contributed by atoms with van der Waals surface area (Å²) < 4.78 is 5.64. The van der Waals surface area contributed by atoms with Crippen molar-refractivity contribution in [2.45, 2.75) is 19.0 Å². The number of phenols is 1. The fourth-order valence-corrected chi connectivity index (χ4v) is 2.74. The summed E-state index contributed by atoms with van der Waals surface area (Å²) in [7, 11) is 0. The zero-order valence-corrected chi connectivity index (χ0v) is 11.7. The number of para-hydroxylation sites is 1. The molecule has 1 atom stereocenters. The lowest BCUT2D eigenvalue weighted by Crippen LogP contribution is -2.26. The van der Waals surface area contributed by atoms with Crippen LogP contribution in [0.4, 0.5) is 0 Å². The molecule has 1 aliphatic rings. The second-order valence-corrected chi connectivity index (χ2v) is 5.25. The van der Waals surface area contributed by atoms with Crippen LogP contribution in [0.2, 0.25) is 5.02 Å². The van der Waals surface area contributed by atoms with Gasteiger partial charge in [0.2, 0.25) is 0 Å². The van der Waals surface area contributed by atoms with Crippen LogP contribution < -0.4 is 10.1 Å². The summed E-state index contributed by atoms with van der Waals surface area (Å²) in [6.07, 6.45) is 0.905. The highest BCUT2D eigenvalue weighted by Gasteiger charge is 2.21. The largest absolute Gasteiger partial charge is 0.508 e. The number of phenolic OH excluding ortho intramolecular Hbond substituents is 1. The van der Waals surface area contributed by atoms with Crippen LogP contribution in [0.25, 0.3) is 0 Å². The minimum atomic E-state index is 0.218. The van der Waals surface area contributed by atoms with E-state index < -0.39 is 0 Å². The van der Waals surface area contributed by atoms with Crippen molar-refractivity contribution < 1.29 is 9.84 Å². The summed E-state index contributed by atoms with van der Waals surface area (Å²) in [6.45, 7) is 1.23. The van der Waals surface area contributed by atoms with Crippen LogP contribution >= 0.6 is 11.6 Å². The van der Waals surface area contributed by atoms with Gasteiger partial charge in [0.1, 0.15) is 11.5 Å². The second-order valence-electron chi connectivity index (χ2n) is 4.85. The molecule has 2 aromatic rings. The van der Waals surface area contributed by atoms with Crippen molar-refractivity contribution in [2.75, 3.05) is 6.61 Å². The van der Waals surface area contributed by atoms with Gasteiger partial charge in [0, 0.05) is 35.2 Å². The average Bonchev–Trinajstić information content (AvgIpc) is 2.47. The van der Waals surface area contributed by atoms with E-state index in [4.69, 9.17) is 16.3 Å². The Hall–Kier alpha value is -1.71. The molecule has 0 aliphatic carbocycles. The molecule has 0 unspecified atom stereocenters. The first kappa shape index (κ1) is 13.3. The van der Waals surface area contributed by atoms with Crippen molar-refractivity contribution >= 4 is 11.6 Å². The molecule has 1 aliphatic heterocycles. The van der Waals surface area contributed by atoms with Crippen molar-refractivity contribution in [1.29, 1.82) is 0 Å². The number of nitrogens with one attached hydrogen (secondary N) is 1. The van der Waals surface area contributed by atoms with Crippen molar-refractivity contribution in [1.82, 2.24) is 5.32 Å². The van der Waals surface area contributed by atoms with Gasteiger partial charge in [-0.1, -0.05) is 35.9 Å². The number of rotatable bonds is 3. The van der Waals surface area contributed by atoms with Crippen molar-refractivity contribution in [3.8, 4) is 11.5 Å². The molecule has 1 heterocycles. The predicted octanol–water partition coefficient (Wildman–Crippen LogP) is 3.66. The van der Waals surface area contributed by atoms with Crippen molar-refractivity contribution in [3.63, 3.8) is 0 Å². The fourth-order valence-electron chi connectivity index (χ4n) is 2.50. The topological polar surface area (TPSA) is 41.5 Å². The number of ether oxygens (including phenoxy) is 1. The fraction of sp³-hybridized carbons (Fsp3) is 0.250. The molecule has 3 nitrogen and oxygen atoms in total. The third-order valence-electron chi connectivity index (χ3n) is 3.58. The highest BCUT2D eigenvalue weighted by Crippen LogP contribution is 2.32. The number of halogens is 1. The Labute approximate surface area is 123 Å². The lowest BCUT2D eigenvalue weighted by molar-refractivity contribution is 0.252. The van der Waals surface area contributed by atoms with Gasteiger partial charge in [-0.15, -0.1) is 0 Å². The van der Waals surface area contributed by atoms with Gasteiger partial charge in [0.05, 0.1) is 6.61 Å². The summed E-state index contributed by atoms with van der Waals surface area (Å²) in [5.74, 6) is 1.16. The van der Waals surface area contributed by atoms with E-state index >= 15 is 0 Å². The molecule has 2 N–H and O–H groups in total. The van der Waals surface area contributed by atoms with Gasteiger partial charge in [-0.25, -0.2) is 0 Å². The zero-order valence-electron chi connectivity index (χ0n) is 11.0. The van der Waals surface area contributed by atoms with Crippen LogP contribution in [0.1, 0.15) is 23.6 Å². The van der Waals surface area contributed by atoms with E-state index in [1.807, 2.05) is 18.2 Å². The molecule has 0 aromatic heterocycles. The van der Waals surface area contributed by atoms with E-state index in [1.54, 1.807) is 18.2 Å². The maximum atomic E-state index is 9.87. The maximum Gasteiger partial charge on any atom is 0.124 e. The maximum absolute atomic E-state index is 9.87. The molecule has 0 saturated carbocycles. The number of benzene rings is 2. The Morgan fingerprint density at radius 2 is 2.05 bits per heavy atom. The molecular weight excluding hydrogens is 274 g/mol. The molecular formula is C16H16ClNO2. The molecule has 3 rings (SSSR count). The highest BCUT2D eigenvalue weighted by atomic mass is 35.5. The molecule has 0 amide bonds. The smallest absolute Gasteiger partial charge is 0.124 e. The number of aromatic hydroxyl groups is 1. The van der Waals surface area contributed by atoms with Crippen LogP contribution in [0, 0.1) is 0 Å². The summed E-state index contributed by atoms with van der Waals surface area (Å²) in [6, 6.07) is 13.4. The third-order valence-corrected chi connectivity index (χ3v) is 3.93. The van der Waals surface area contributed by atoms with Gasteiger partial charge < -0.3 is 15.2 Å². The van der Waals surface area contributed by atoms with E-state index in [0.29, 0.717) is 18.2 Å². The normalized spacial score (nSPS) is 17.4. The SMILES string of the molecule is Oc1cccc(Cl)c1CN[C@H]1CCOc2ccccc21. The highest BCUT2D eigenvalue weighted by molar-refractivity contribution is 6.31. The van der Waals surface area contributed by atoms with E-state index in [0.717, 1.165) is 23.3 Å². The zero-order chi connectivity index (χ0) is 13.9. The molecule has 0 saturated heterocycles. The van der Waals surface area contributed by atoms with Crippen molar-refractivity contribution in [2.24, 2.45) is 0 Å². The monoisotopic (exact) mass is 289 g/mol. The Morgan fingerprint density at radius 3 is 2.90 bits per heavy atom. The van der Waals surface area contributed by atoms with Crippen LogP contribution in [-0.2, 0) is 6.54 Å². The van der Waals surface area contributed by atoms with Gasteiger partial charge in [-0.2, -0.15) is 0 Å². The van der Waals surface area contributed by atoms with Crippen molar-refractivity contribution in [3.05, 3.63) is 58.6 Å². The molecule has 4 heteroatoms. The number of hydrogen-bond donors (Lipinski definition) is 2. The Balaban J connectivity index is 1.77. The molecule has 104 valence electrons. The van der Waals surface area contributed by atoms with Gasteiger partial charge in [0.15, 0.2) is 0 Å². The van der Waals surface area contributed by atoms with Gasteiger partial charge in [-0.05, 0) is 18.2 Å². The molecule has 0 spiro atoms. The van der Waals surface area contributed by atoms with Crippen LogP contribution in [0.15, 0.2) is 42.5 Å². The first-order chi connectivity index (χ1) is 9.75. The average molecular weight is 290 g/mol. The summed E-state index contributed by atoms with van der Waals surface area (Å²) in [5.41, 5.74) is 1.89. The minimum absolute atomic E-state index is 0.218. The lowest BCUT2D eigenvalue weighted by Gasteiger charge is -2.27. The quantitative estimate of drug-likeness (QED) is 0.906. The van der Waals surface area contributed by atoms with Crippen LogP contribution in [-0.4, -0.2) is 11.7 Å². The van der Waals surface area contributed by atoms with E-state index in [-0.39, 0.29) is 11.8 Å². The molecule has 0 bridgehead atoms. The van der Waals surface area contributed by atoms with Crippen LogP contribution in [0.5, 0.6) is 11.5 Å². The van der Waals surface area contributed by atoms with Gasteiger partial charge in [0.25, 0.3) is 0 Å². The lowest BCUT2D eigenvalue weighted by atomic mass is 10.0. The number of fused-ring (bicyclic) bond motifs is 1. The summed E-state index contributed by atoms with van der Waals surface area (Å²) >= 11 is 6.12. The summed E-state index contributed by atoms with van der Waals surface area (Å²) in [4.78, 5) is 0. The van der Waals surface area contributed by atoms with E-state index in [9.17, 15) is 5.11 Å². The predicted molar refractivity (Wildman–Crippen MR) is 79.3 cm³/mol. The third kappa shape index (κ3) is 2.60. The van der Waals surface area contributed by atoms with E-state index in [1.165, 1.54) is 0 Å². The van der Waals surface area contributed by atoms with Gasteiger partial charge in [-0.3, -0.25) is 0 Å². The summed E-state index contributed by atoms with van der Waals surface area (Å²) in [5, 5.41) is 13.9. The second kappa shape index (κ2) is 5.73. The van der Waals surface area contributed by atoms with Crippen LogP contribution in [0.3, 0.4) is 0 Å². The molecule has 0 fully saturated rings. The Bertz CT molecular complexity index is 595. The first-order valence-electron chi connectivity index (χ1n) is 6.67. The molecule has 0 radical (unpaired) electrons. The first-order valence-corrected chi connectivity index (χ1v) is 7.05. The number of hydrogen-bond acceptors (Lipinski definition) is 3. The standard InChI is InChI=1S/C16H16ClNO2/c17-13-5-3-6-15(19)12(13)10-18-14-8-9-20-16-7-2-1-4-11(14)16/h1-7,14,18-19H,8-10H2/t14-/m0/s1. The van der Waals surface area contributed by atoms with Gasteiger partial charge >= 0.3 is 0 Å².